The molecule has 1 aliphatic heterocycles. The Morgan fingerprint density at radius 3 is 2.40 bits per heavy atom. The molecule has 206 valence electrons. The number of nitrogens with zero attached hydrogens (tertiary/aromatic N) is 4. The van der Waals surface area contributed by atoms with E-state index in [9.17, 15) is 9.59 Å². The number of carbonyl (C=O) groups excluding carboxylic acids is 1. The van der Waals surface area contributed by atoms with Crippen molar-refractivity contribution in [3.63, 3.8) is 0 Å². The van der Waals surface area contributed by atoms with E-state index in [-0.39, 0.29) is 12.2 Å². The zero-order valence-electron chi connectivity index (χ0n) is 23.4. The summed E-state index contributed by atoms with van der Waals surface area (Å²) in [4.78, 5) is 34.4. The molecule has 0 amide bonds. The lowest BCUT2D eigenvalue weighted by Gasteiger charge is -2.25. The molecular weight excluding hydrogens is 544 g/mol. The molecule has 0 saturated heterocycles. The smallest absolute Gasteiger partial charge is 0.338 e. The average Bonchev–Trinajstić information content (AvgIpc) is 3.38. The minimum absolute atomic E-state index is 0.198. The van der Waals surface area contributed by atoms with Gasteiger partial charge in [-0.05, 0) is 87.4 Å². The van der Waals surface area contributed by atoms with Crippen LogP contribution >= 0.6 is 22.9 Å². The first-order valence-corrected chi connectivity index (χ1v) is 14.2. The lowest BCUT2D eigenvalue weighted by atomic mass is 9.95. The first kappa shape index (κ1) is 27.7. The molecule has 1 atom stereocenters. The predicted octanol–water partition coefficient (Wildman–Crippen LogP) is 4.93. The standard InChI is InChI=1S/C31H31ClN4O3S/c1-7-39-30(38)27-19(3)33-31-36(28(27)21-8-12-24(13-9-21)34(5)6)29(37)26(40-31)17-22-16-18(2)35(20(22)4)25-14-10-23(32)11-15-25/h8-17,28H,7H2,1-6H3/t28-/m1/s1. The lowest BCUT2D eigenvalue weighted by Crippen LogP contribution is -2.40. The minimum Gasteiger partial charge on any atom is -0.463 e. The number of halogens is 1. The molecular formula is C31H31ClN4O3S. The SMILES string of the molecule is CCOC(=O)C1=C(C)N=c2sc(=Cc3cc(C)n(-c4ccc(Cl)cc4)c3C)c(=O)n2[C@@H]1c1ccc(N(C)C)cc1. The highest BCUT2D eigenvalue weighted by Gasteiger charge is 2.33. The summed E-state index contributed by atoms with van der Waals surface area (Å²) in [5.74, 6) is -0.466. The molecule has 0 fully saturated rings. The molecule has 5 rings (SSSR count). The second-order valence-corrected chi connectivity index (χ2v) is 11.4. The van der Waals surface area contributed by atoms with Crippen LogP contribution in [0.1, 0.15) is 42.4 Å². The fourth-order valence-corrected chi connectivity index (χ4v) is 6.29. The molecule has 1 aliphatic rings. The van der Waals surface area contributed by atoms with Crippen LogP contribution in [0.25, 0.3) is 11.8 Å². The second-order valence-electron chi connectivity index (χ2n) is 9.93. The maximum absolute atomic E-state index is 14.0. The number of fused-ring (bicyclic) bond motifs is 1. The maximum Gasteiger partial charge on any atom is 0.338 e. The van der Waals surface area contributed by atoms with Gasteiger partial charge >= 0.3 is 5.97 Å². The van der Waals surface area contributed by atoms with Crippen molar-refractivity contribution in [1.82, 2.24) is 9.13 Å². The van der Waals surface area contributed by atoms with Crippen molar-refractivity contribution >= 4 is 40.7 Å². The number of aromatic nitrogens is 2. The van der Waals surface area contributed by atoms with Crippen LogP contribution in [0.3, 0.4) is 0 Å². The average molecular weight is 575 g/mol. The Morgan fingerprint density at radius 2 is 1.77 bits per heavy atom. The van der Waals surface area contributed by atoms with Gasteiger partial charge in [0.15, 0.2) is 4.80 Å². The van der Waals surface area contributed by atoms with Crippen LogP contribution < -0.4 is 19.8 Å². The number of anilines is 1. The van der Waals surface area contributed by atoms with Gasteiger partial charge in [-0.15, -0.1) is 0 Å². The van der Waals surface area contributed by atoms with Crippen molar-refractivity contribution in [1.29, 1.82) is 0 Å². The van der Waals surface area contributed by atoms with Crippen LogP contribution in [0.15, 0.2) is 75.7 Å². The third-order valence-corrected chi connectivity index (χ3v) is 8.32. The largest absolute Gasteiger partial charge is 0.463 e. The highest BCUT2D eigenvalue weighted by Crippen LogP contribution is 2.31. The molecule has 0 aliphatic carbocycles. The molecule has 7 nitrogen and oxygen atoms in total. The lowest BCUT2D eigenvalue weighted by molar-refractivity contribution is -0.139. The summed E-state index contributed by atoms with van der Waals surface area (Å²) in [5.41, 5.74) is 6.54. The molecule has 0 unspecified atom stereocenters. The van der Waals surface area contributed by atoms with Gasteiger partial charge in [0, 0.05) is 41.9 Å². The normalized spacial score (nSPS) is 15.2. The van der Waals surface area contributed by atoms with E-state index in [1.807, 2.05) is 87.4 Å². The summed E-state index contributed by atoms with van der Waals surface area (Å²) in [6, 6.07) is 17.0. The summed E-state index contributed by atoms with van der Waals surface area (Å²) in [5, 5.41) is 0.677. The van der Waals surface area contributed by atoms with E-state index < -0.39 is 12.0 Å². The Labute approximate surface area is 241 Å². The summed E-state index contributed by atoms with van der Waals surface area (Å²) >= 11 is 7.42. The topological polar surface area (TPSA) is 68.8 Å². The summed E-state index contributed by atoms with van der Waals surface area (Å²) < 4.78 is 9.71. The quantitative estimate of drug-likeness (QED) is 0.306. The third kappa shape index (κ3) is 4.93. The summed E-state index contributed by atoms with van der Waals surface area (Å²) in [7, 11) is 3.94. The highest BCUT2D eigenvalue weighted by atomic mass is 35.5. The summed E-state index contributed by atoms with van der Waals surface area (Å²) in [6.45, 7) is 7.86. The van der Waals surface area contributed by atoms with Gasteiger partial charge in [0.2, 0.25) is 0 Å². The van der Waals surface area contributed by atoms with Crippen molar-refractivity contribution in [3.8, 4) is 5.69 Å². The van der Waals surface area contributed by atoms with Crippen LogP contribution in [-0.4, -0.2) is 35.8 Å². The van der Waals surface area contributed by atoms with E-state index in [0.717, 1.165) is 33.9 Å². The second kappa shape index (κ2) is 10.9. The van der Waals surface area contributed by atoms with Gasteiger partial charge in [0.1, 0.15) is 0 Å². The zero-order chi connectivity index (χ0) is 28.7. The molecule has 2 aromatic heterocycles. The molecule has 3 heterocycles. The van der Waals surface area contributed by atoms with Crippen LogP contribution in [0.2, 0.25) is 5.02 Å². The van der Waals surface area contributed by atoms with E-state index in [4.69, 9.17) is 21.3 Å². The number of carbonyl (C=O) groups is 1. The number of hydrogen-bond donors (Lipinski definition) is 0. The number of allylic oxidation sites excluding steroid dienone is 1. The van der Waals surface area contributed by atoms with Crippen LogP contribution in [0.4, 0.5) is 5.69 Å². The molecule has 40 heavy (non-hydrogen) atoms. The molecule has 0 radical (unpaired) electrons. The van der Waals surface area contributed by atoms with Crippen molar-refractivity contribution in [3.05, 3.63) is 113 Å². The number of benzene rings is 2. The van der Waals surface area contributed by atoms with Gasteiger partial charge in [0.05, 0.1) is 28.5 Å². The van der Waals surface area contributed by atoms with Crippen molar-refractivity contribution in [2.45, 2.75) is 33.7 Å². The number of thiazole rings is 1. The Kier molecular flexibility index (Phi) is 7.57. The molecule has 0 bridgehead atoms. The first-order valence-electron chi connectivity index (χ1n) is 13.0. The predicted molar refractivity (Wildman–Crippen MR) is 161 cm³/mol. The number of aryl methyl sites for hydroxylation is 1. The van der Waals surface area contributed by atoms with E-state index in [2.05, 4.69) is 10.6 Å². The molecule has 0 spiro atoms. The minimum atomic E-state index is -0.643. The van der Waals surface area contributed by atoms with Crippen molar-refractivity contribution < 1.29 is 9.53 Å². The van der Waals surface area contributed by atoms with E-state index in [0.29, 0.717) is 25.6 Å². The first-order chi connectivity index (χ1) is 19.1. The Bertz CT molecular complexity index is 1810. The number of esters is 1. The number of hydrogen-bond acceptors (Lipinski definition) is 6. The van der Waals surface area contributed by atoms with Crippen LogP contribution in [0.5, 0.6) is 0 Å². The van der Waals surface area contributed by atoms with Gasteiger partial charge in [0.25, 0.3) is 5.56 Å². The van der Waals surface area contributed by atoms with Crippen molar-refractivity contribution in [2.24, 2.45) is 4.99 Å². The van der Waals surface area contributed by atoms with E-state index >= 15 is 0 Å². The molecule has 0 saturated carbocycles. The Morgan fingerprint density at radius 1 is 1.10 bits per heavy atom. The van der Waals surface area contributed by atoms with Crippen molar-refractivity contribution in [2.75, 3.05) is 25.6 Å². The zero-order valence-corrected chi connectivity index (χ0v) is 24.9. The van der Waals surface area contributed by atoms with Gasteiger partial charge in [-0.3, -0.25) is 9.36 Å². The van der Waals surface area contributed by atoms with Gasteiger partial charge in [-0.2, -0.15) is 0 Å². The summed E-state index contributed by atoms with van der Waals surface area (Å²) in [6.07, 6.45) is 1.91. The monoisotopic (exact) mass is 574 g/mol. The Hall–Kier alpha value is -3.88. The number of ether oxygens (including phenoxy) is 1. The fourth-order valence-electron chi connectivity index (χ4n) is 5.12. The number of rotatable bonds is 6. The fraction of sp³-hybridized carbons (Fsp3) is 0.258. The van der Waals surface area contributed by atoms with Crippen LogP contribution in [-0.2, 0) is 9.53 Å². The van der Waals surface area contributed by atoms with E-state index in [1.165, 1.54) is 11.3 Å². The van der Waals surface area contributed by atoms with E-state index in [1.54, 1.807) is 18.4 Å². The third-order valence-electron chi connectivity index (χ3n) is 7.08. The molecule has 0 N–H and O–H groups in total. The molecule has 9 heteroatoms. The van der Waals surface area contributed by atoms with Gasteiger partial charge in [-0.25, -0.2) is 9.79 Å². The van der Waals surface area contributed by atoms with Gasteiger partial charge in [-0.1, -0.05) is 35.1 Å². The highest BCUT2D eigenvalue weighted by molar-refractivity contribution is 7.07. The molecule has 2 aromatic carbocycles. The van der Waals surface area contributed by atoms with Gasteiger partial charge < -0.3 is 14.2 Å². The van der Waals surface area contributed by atoms with Crippen LogP contribution in [0, 0.1) is 13.8 Å². The Balaban J connectivity index is 1.67. The maximum atomic E-state index is 14.0. The molecule has 4 aromatic rings.